The Bertz CT molecular complexity index is 96.4. The van der Waals surface area contributed by atoms with Crippen molar-refractivity contribution in [1.82, 2.24) is 0 Å². The average Bonchev–Trinajstić information content (AvgIpc) is 2.02. The minimum absolute atomic E-state index is 0.109. The molecular weight excluding hydrogens is 148 g/mol. The molecule has 0 rings (SSSR count). The molecule has 4 N–H and O–H groups in total. The summed E-state index contributed by atoms with van der Waals surface area (Å²) in [4.78, 5) is 0. The van der Waals surface area contributed by atoms with Gasteiger partial charge in [0.05, 0.1) is 18.8 Å². The van der Waals surface area contributed by atoms with E-state index in [1.165, 1.54) is 0 Å². The SMILES string of the molecule is CCC(O)CC(O)C(O)CO. The Morgan fingerprint density at radius 1 is 1.09 bits per heavy atom. The highest BCUT2D eigenvalue weighted by Gasteiger charge is 2.17. The molecule has 0 aliphatic rings. The van der Waals surface area contributed by atoms with E-state index >= 15 is 0 Å². The van der Waals surface area contributed by atoms with Crippen molar-refractivity contribution in [3.63, 3.8) is 0 Å². The van der Waals surface area contributed by atoms with Crippen molar-refractivity contribution >= 4 is 0 Å². The van der Waals surface area contributed by atoms with Gasteiger partial charge in [-0.2, -0.15) is 0 Å². The molecule has 0 aromatic heterocycles. The zero-order valence-corrected chi connectivity index (χ0v) is 6.64. The molecule has 0 heterocycles. The Morgan fingerprint density at radius 3 is 2.00 bits per heavy atom. The van der Waals surface area contributed by atoms with Gasteiger partial charge in [0.25, 0.3) is 0 Å². The third-order valence-corrected chi connectivity index (χ3v) is 1.62. The molecule has 11 heavy (non-hydrogen) atoms. The summed E-state index contributed by atoms with van der Waals surface area (Å²) in [6.45, 7) is 1.31. The van der Waals surface area contributed by atoms with E-state index in [0.29, 0.717) is 6.42 Å². The molecule has 0 radical (unpaired) electrons. The van der Waals surface area contributed by atoms with E-state index in [-0.39, 0.29) is 6.42 Å². The normalized spacial score (nSPS) is 19.4. The van der Waals surface area contributed by atoms with Gasteiger partial charge >= 0.3 is 0 Å². The molecule has 68 valence electrons. The third-order valence-electron chi connectivity index (χ3n) is 1.62. The number of aliphatic hydroxyl groups excluding tert-OH is 4. The van der Waals surface area contributed by atoms with Gasteiger partial charge in [-0.15, -0.1) is 0 Å². The first-order valence-corrected chi connectivity index (χ1v) is 3.76. The smallest absolute Gasteiger partial charge is 0.103 e. The van der Waals surface area contributed by atoms with Gasteiger partial charge in [-0.05, 0) is 6.42 Å². The van der Waals surface area contributed by atoms with Gasteiger partial charge in [0.1, 0.15) is 6.10 Å². The monoisotopic (exact) mass is 164 g/mol. The van der Waals surface area contributed by atoms with Gasteiger partial charge in [0.2, 0.25) is 0 Å². The molecule has 4 nitrogen and oxygen atoms in total. The third kappa shape index (κ3) is 4.31. The zero-order chi connectivity index (χ0) is 8.85. The lowest BCUT2D eigenvalue weighted by Gasteiger charge is -2.17. The molecule has 0 saturated carbocycles. The van der Waals surface area contributed by atoms with E-state index in [1.54, 1.807) is 6.92 Å². The van der Waals surface area contributed by atoms with Crippen LogP contribution in [0, 0.1) is 0 Å². The largest absolute Gasteiger partial charge is 0.394 e. The summed E-state index contributed by atoms with van der Waals surface area (Å²) in [5.41, 5.74) is 0. The lowest BCUT2D eigenvalue weighted by Crippen LogP contribution is -2.32. The fourth-order valence-electron chi connectivity index (χ4n) is 0.724. The Labute approximate surface area is 66.1 Å². The first kappa shape index (κ1) is 10.8. The first-order chi connectivity index (χ1) is 5.11. The second kappa shape index (κ2) is 5.49. The molecule has 0 fully saturated rings. The van der Waals surface area contributed by atoms with E-state index < -0.39 is 24.9 Å². The van der Waals surface area contributed by atoms with Crippen LogP contribution >= 0.6 is 0 Å². The summed E-state index contributed by atoms with van der Waals surface area (Å²) in [5, 5.41) is 35.3. The molecule has 0 aliphatic carbocycles. The molecule has 0 bridgehead atoms. The second-order valence-corrected chi connectivity index (χ2v) is 2.62. The first-order valence-electron chi connectivity index (χ1n) is 3.76. The molecule has 0 aromatic carbocycles. The topological polar surface area (TPSA) is 80.9 Å². The molecular formula is C7H16O4. The minimum Gasteiger partial charge on any atom is -0.394 e. The fraction of sp³-hybridized carbons (Fsp3) is 1.00. The quantitative estimate of drug-likeness (QED) is 0.414. The highest BCUT2D eigenvalue weighted by molar-refractivity contribution is 4.69. The zero-order valence-electron chi connectivity index (χ0n) is 6.64. The molecule has 4 heteroatoms. The highest BCUT2D eigenvalue weighted by Crippen LogP contribution is 2.05. The number of aliphatic hydroxyl groups is 4. The van der Waals surface area contributed by atoms with Crippen molar-refractivity contribution in [2.45, 2.75) is 38.1 Å². The maximum absolute atomic E-state index is 9.05. The van der Waals surface area contributed by atoms with Crippen LogP contribution in [-0.2, 0) is 0 Å². The van der Waals surface area contributed by atoms with Gasteiger partial charge in [0.15, 0.2) is 0 Å². The molecule has 0 saturated heterocycles. The summed E-state index contributed by atoms with van der Waals surface area (Å²) in [6, 6.07) is 0. The summed E-state index contributed by atoms with van der Waals surface area (Å²) in [7, 11) is 0. The van der Waals surface area contributed by atoms with Crippen molar-refractivity contribution in [2.24, 2.45) is 0 Å². The summed E-state index contributed by atoms with van der Waals surface area (Å²) >= 11 is 0. The standard InChI is InChI=1S/C7H16O4/c1-2-5(9)3-6(10)7(11)4-8/h5-11H,2-4H2,1H3. The summed E-state index contributed by atoms with van der Waals surface area (Å²) in [5.74, 6) is 0. The van der Waals surface area contributed by atoms with Crippen molar-refractivity contribution in [3.8, 4) is 0 Å². The van der Waals surface area contributed by atoms with Crippen LogP contribution in [0.4, 0.5) is 0 Å². The van der Waals surface area contributed by atoms with Gasteiger partial charge in [-0.1, -0.05) is 6.92 Å². The maximum Gasteiger partial charge on any atom is 0.103 e. The van der Waals surface area contributed by atoms with Crippen LogP contribution in [0.3, 0.4) is 0 Å². The Hall–Kier alpha value is -0.160. The van der Waals surface area contributed by atoms with Crippen LogP contribution in [0.5, 0.6) is 0 Å². The van der Waals surface area contributed by atoms with E-state index in [4.69, 9.17) is 20.4 Å². The van der Waals surface area contributed by atoms with Gasteiger partial charge in [-0.25, -0.2) is 0 Å². The molecule has 3 unspecified atom stereocenters. The second-order valence-electron chi connectivity index (χ2n) is 2.62. The molecule has 0 aromatic rings. The summed E-state index contributed by atoms with van der Waals surface area (Å²) < 4.78 is 0. The number of hydrogen-bond acceptors (Lipinski definition) is 4. The lowest BCUT2D eigenvalue weighted by atomic mass is 10.1. The lowest BCUT2D eigenvalue weighted by molar-refractivity contribution is -0.0366. The predicted molar refractivity (Wildman–Crippen MR) is 40.0 cm³/mol. The van der Waals surface area contributed by atoms with Gasteiger partial charge in [-0.3, -0.25) is 0 Å². The van der Waals surface area contributed by atoms with E-state index in [0.717, 1.165) is 0 Å². The van der Waals surface area contributed by atoms with E-state index in [9.17, 15) is 0 Å². The van der Waals surface area contributed by atoms with Crippen molar-refractivity contribution < 1.29 is 20.4 Å². The highest BCUT2D eigenvalue weighted by atomic mass is 16.4. The van der Waals surface area contributed by atoms with Crippen molar-refractivity contribution in [2.75, 3.05) is 6.61 Å². The Kier molecular flexibility index (Phi) is 5.41. The minimum atomic E-state index is -1.14. The van der Waals surface area contributed by atoms with Crippen molar-refractivity contribution in [3.05, 3.63) is 0 Å². The van der Waals surface area contributed by atoms with Crippen LogP contribution in [0.15, 0.2) is 0 Å². The van der Waals surface area contributed by atoms with E-state index in [2.05, 4.69) is 0 Å². The Balaban J connectivity index is 3.58. The van der Waals surface area contributed by atoms with Crippen LogP contribution in [0.1, 0.15) is 19.8 Å². The Morgan fingerprint density at radius 2 is 1.64 bits per heavy atom. The molecule has 0 aliphatic heterocycles. The number of rotatable bonds is 5. The number of hydrogen-bond donors (Lipinski definition) is 4. The molecule has 0 spiro atoms. The van der Waals surface area contributed by atoms with Crippen LogP contribution in [-0.4, -0.2) is 45.3 Å². The maximum atomic E-state index is 9.05. The molecule has 3 atom stereocenters. The van der Waals surface area contributed by atoms with Gasteiger partial charge in [0, 0.05) is 6.42 Å². The molecule has 0 amide bonds. The average molecular weight is 164 g/mol. The van der Waals surface area contributed by atoms with Gasteiger partial charge < -0.3 is 20.4 Å². The van der Waals surface area contributed by atoms with Crippen LogP contribution < -0.4 is 0 Å². The van der Waals surface area contributed by atoms with Crippen molar-refractivity contribution in [1.29, 1.82) is 0 Å². The fourth-order valence-corrected chi connectivity index (χ4v) is 0.724. The predicted octanol–water partition coefficient (Wildman–Crippen LogP) is -1.14. The van der Waals surface area contributed by atoms with E-state index in [1.807, 2.05) is 0 Å². The van der Waals surface area contributed by atoms with Crippen LogP contribution in [0.25, 0.3) is 0 Å². The van der Waals surface area contributed by atoms with Crippen LogP contribution in [0.2, 0.25) is 0 Å². The summed E-state index contributed by atoms with van der Waals surface area (Å²) in [6.07, 6.45) is -2.13.